The Labute approximate surface area is 130 Å². The molecular weight excluding hydrogens is 258 g/mol. The van der Waals surface area contributed by atoms with Crippen molar-refractivity contribution in [1.29, 1.82) is 0 Å². The average molecular weight is 289 g/mol. The maximum atomic E-state index is 3.25. The maximum absolute atomic E-state index is 3.25. The second-order valence-electron chi connectivity index (χ2n) is 6.61. The van der Waals surface area contributed by atoms with Crippen LogP contribution in [0.2, 0.25) is 0 Å². The van der Waals surface area contributed by atoms with Gasteiger partial charge in [0.15, 0.2) is 0 Å². The Morgan fingerprint density at radius 2 is 1.62 bits per heavy atom. The summed E-state index contributed by atoms with van der Waals surface area (Å²) in [6, 6.07) is 9.87. The Kier molecular flexibility index (Phi) is 6.22. The summed E-state index contributed by atoms with van der Waals surface area (Å²) in [5.74, 6) is 0.582. The van der Waals surface area contributed by atoms with Crippen molar-refractivity contribution in [1.82, 2.24) is 15.1 Å². The molecule has 0 bridgehead atoms. The molecule has 1 aliphatic rings. The average Bonchev–Trinajstić information content (AvgIpc) is 2.49. The smallest absolute Gasteiger partial charge is 0.0234 e. The van der Waals surface area contributed by atoms with Gasteiger partial charge in [0, 0.05) is 45.3 Å². The zero-order valence-corrected chi connectivity index (χ0v) is 14.1. The number of hydrogen-bond acceptors (Lipinski definition) is 3. The molecule has 1 atom stereocenters. The number of hydrogen-bond donors (Lipinski definition) is 1. The third-order valence-corrected chi connectivity index (χ3v) is 4.60. The van der Waals surface area contributed by atoms with Gasteiger partial charge in [0.2, 0.25) is 0 Å². The van der Waals surface area contributed by atoms with E-state index in [1.165, 1.54) is 37.3 Å². The molecule has 0 aromatic heterocycles. The van der Waals surface area contributed by atoms with Crippen LogP contribution in [0.5, 0.6) is 0 Å². The van der Waals surface area contributed by atoms with Crippen LogP contribution < -0.4 is 5.32 Å². The molecule has 3 nitrogen and oxygen atoms in total. The van der Waals surface area contributed by atoms with Gasteiger partial charge in [-0.3, -0.25) is 9.80 Å². The zero-order valence-electron chi connectivity index (χ0n) is 14.1. The van der Waals surface area contributed by atoms with Gasteiger partial charge in [-0.1, -0.05) is 31.2 Å². The molecule has 2 rings (SSSR count). The fourth-order valence-corrected chi connectivity index (χ4v) is 3.07. The third kappa shape index (κ3) is 4.80. The SMILES string of the molecule is CNCC(C)c1ccc(CN2CCN(C(C)C)CC2)cc1. The van der Waals surface area contributed by atoms with Crippen LogP contribution in [0.1, 0.15) is 37.8 Å². The highest BCUT2D eigenvalue weighted by atomic mass is 15.3. The van der Waals surface area contributed by atoms with Crippen molar-refractivity contribution in [2.45, 2.75) is 39.3 Å². The molecule has 1 unspecified atom stereocenters. The van der Waals surface area contributed by atoms with Gasteiger partial charge >= 0.3 is 0 Å². The molecule has 1 saturated heterocycles. The third-order valence-electron chi connectivity index (χ3n) is 4.60. The number of nitrogens with zero attached hydrogens (tertiary/aromatic N) is 2. The van der Waals surface area contributed by atoms with Crippen molar-refractivity contribution in [3.05, 3.63) is 35.4 Å². The molecule has 0 aliphatic carbocycles. The minimum Gasteiger partial charge on any atom is -0.319 e. The van der Waals surface area contributed by atoms with E-state index in [1.54, 1.807) is 0 Å². The monoisotopic (exact) mass is 289 g/mol. The van der Waals surface area contributed by atoms with Crippen molar-refractivity contribution < 1.29 is 0 Å². The maximum Gasteiger partial charge on any atom is 0.0234 e. The number of benzene rings is 1. The normalized spacial score (nSPS) is 19.1. The van der Waals surface area contributed by atoms with E-state index in [0.29, 0.717) is 12.0 Å². The largest absolute Gasteiger partial charge is 0.319 e. The summed E-state index contributed by atoms with van der Waals surface area (Å²) in [6.45, 7) is 13.8. The molecule has 0 spiro atoms. The number of nitrogens with one attached hydrogen (secondary N) is 1. The molecule has 1 aliphatic heterocycles. The van der Waals surface area contributed by atoms with E-state index >= 15 is 0 Å². The van der Waals surface area contributed by atoms with E-state index < -0.39 is 0 Å². The minimum absolute atomic E-state index is 0.582. The molecular formula is C18H31N3. The van der Waals surface area contributed by atoms with Crippen molar-refractivity contribution in [2.24, 2.45) is 0 Å². The summed E-state index contributed by atoms with van der Waals surface area (Å²) in [4.78, 5) is 5.14. The molecule has 3 heteroatoms. The van der Waals surface area contributed by atoms with Crippen LogP contribution in [0.4, 0.5) is 0 Å². The molecule has 21 heavy (non-hydrogen) atoms. The van der Waals surface area contributed by atoms with Crippen molar-refractivity contribution in [3.8, 4) is 0 Å². The van der Waals surface area contributed by atoms with Crippen LogP contribution in [0.3, 0.4) is 0 Å². The Bertz CT molecular complexity index is 405. The van der Waals surface area contributed by atoms with E-state index in [-0.39, 0.29) is 0 Å². The van der Waals surface area contributed by atoms with Crippen molar-refractivity contribution in [3.63, 3.8) is 0 Å². The Morgan fingerprint density at radius 1 is 1.00 bits per heavy atom. The number of piperazine rings is 1. The number of rotatable bonds is 6. The second kappa shape index (κ2) is 7.92. The fraction of sp³-hybridized carbons (Fsp3) is 0.667. The molecule has 118 valence electrons. The van der Waals surface area contributed by atoms with Crippen LogP contribution in [-0.2, 0) is 6.54 Å². The second-order valence-corrected chi connectivity index (χ2v) is 6.61. The van der Waals surface area contributed by atoms with Gasteiger partial charge in [0.1, 0.15) is 0 Å². The Morgan fingerprint density at radius 3 is 2.14 bits per heavy atom. The highest BCUT2D eigenvalue weighted by Crippen LogP contribution is 2.16. The topological polar surface area (TPSA) is 18.5 Å². The molecule has 1 fully saturated rings. The van der Waals surface area contributed by atoms with Gasteiger partial charge in [-0.2, -0.15) is 0 Å². The lowest BCUT2D eigenvalue weighted by Gasteiger charge is -2.37. The highest BCUT2D eigenvalue weighted by molar-refractivity contribution is 5.25. The molecule has 1 N–H and O–H groups in total. The van der Waals surface area contributed by atoms with Crippen LogP contribution in [-0.4, -0.2) is 55.6 Å². The van der Waals surface area contributed by atoms with Gasteiger partial charge in [-0.25, -0.2) is 0 Å². The van der Waals surface area contributed by atoms with Gasteiger partial charge in [-0.15, -0.1) is 0 Å². The zero-order chi connectivity index (χ0) is 15.2. The number of likely N-dealkylation sites (N-methyl/N-ethyl adjacent to an activating group) is 1. The fourth-order valence-electron chi connectivity index (χ4n) is 3.07. The first-order valence-electron chi connectivity index (χ1n) is 8.30. The predicted octanol–water partition coefficient (Wildman–Crippen LogP) is 2.54. The summed E-state index contributed by atoms with van der Waals surface area (Å²) < 4.78 is 0. The summed E-state index contributed by atoms with van der Waals surface area (Å²) in [5.41, 5.74) is 2.87. The predicted molar refractivity (Wildman–Crippen MR) is 90.8 cm³/mol. The summed E-state index contributed by atoms with van der Waals surface area (Å²) in [6.07, 6.45) is 0. The molecule has 1 aromatic rings. The summed E-state index contributed by atoms with van der Waals surface area (Å²) in [7, 11) is 2.02. The quantitative estimate of drug-likeness (QED) is 0.868. The van der Waals surface area contributed by atoms with Crippen LogP contribution >= 0.6 is 0 Å². The van der Waals surface area contributed by atoms with E-state index in [9.17, 15) is 0 Å². The highest BCUT2D eigenvalue weighted by Gasteiger charge is 2.18. The lowest BCUT2D eigenvalue weighted by molar-refractivity contribution is 0.104. The lowest BCUT2D eigenvalue weighted by Crippen LogP contribution is -2.48. The molecule has 1 aromatic carbocycles. The van der Waals surface area contributed by atoms with Crippen molar-refractivity contribution in [2.75, 3.05) is 39.8 Å². The molecule has 0 saturated carbocycles. The first-order chi connectivity index (χ1) is 10.1. The van der Waals surface area contributed by atoms with E-state index in [1.807, 2.05) is 7.05 Å². The van der Waals surface area contributed by atoms with Crippen molar-refractivity contribution >= 4 is 0 Å². The van der Waals surface area contributed by atoms with Gasteiger partial charge in [0.05, 0.1) is 0 Å². The Hall–Kier alpha value is -0.900. The first-order valence-corrected chi connectivity index (χ1v) is 8.30. The van der Waals surface area contributed by atoms with Crippen LogP contribution in [0.25, 0.3) is 0 Å². The van der Waals surface area contributed by atoms with E-state index in [2.05, 4.69) is 60.2 Å². The summed E-state index contributed by atoms with van der Waals surface area (Å²) >= 11 is 0. The van der Waals surface area contributed by atoms with Gasteiger partial charge < -0.3 is 5.32 Å². The standard InChI is InChI=1S/C18H31N3/c1-15(2)21-11-9-20(10-12-21)14-17-5-7-18(8-6-17)16(3)13-19-4/h5-8,15-16,19H,9-14H2,1-4H3. The minimum atomic E-state index is 0.582. The van der Waals surface area contributed by atoms with Gasteiger partial charge in [-0.05, 0) is 37.9 Å². The lowest BCUT2D eigenvalue weighted by atomic mass is 9.99. The van der Waals surface area contributed by atoms with Crippen LogP contribution in [0, 0.1) is 0 Å². The molecule has 0 amide bonds. The van der Waals surface area contributed by atoms with Gasteiger partial charge in [0.25, 0.3) is 0 Å². The summed E-state index contributed by atoms with van der Waals surface area (Å²) in [5, 5.41) is 3.25. The Balaban J connectivity index is 1.84. The van der Waals surface area contributed by atoms with E-state index in [4.69, 9.17) is 0 Å². The van der Waals surface area contributed by atoms with E-state index in [0.717, 1.165) is 13.1 Å². The molecule has 1 heterocycles. The molecule has 0 radical (unpaired) electrons. The van der Waals surface area contributed by atoms with Crippen LogP contribution in [0.15, 0.2) is 24.3 Å². The first kappa shape index (κ1) is 16.5.